The van der Waals surface area contributed by atoms with E-state index in [1.807, 2.05) is 13.8 Å². The van der Waals surface area contributed by atoms with E-state index in [0.717, 1.165) is 18.7 Å². The highest BCUT2D eigenvalue weighted by atomic mass is 32.2. The molecule has 0 N–H and O–H groups in total. The van der Waals surface area contributed by atoms with E-state index in [1.54, 1.807) is 0 Å². The normalized spacial score (nSPS) is 15.7. The van der Waals surface area contributed by atoms with Crippen molar-refractivity contribution in [2.75, 3.05) is 11.5 Å². The van der Waals surface area contributed by atoms with Gasteiger partial charge in [0.25, 0.3) is 0 Å². The maximum Gasteiger partial charge on any atom is 0.152 e. The van der Waals surface area contributed by atoms with Crippen molar-refractivity contribution in [3.05, 3.63) is 17.2 Å². The Morgan fingerprint density at radius 2 is 1.94 bits per heavy atom. The van der Waals surface area contributed by atoms with Crippen LogP contribution in [0, 0.1) is 6.92 Å². The van der Waals surface area contributed by atoms with Gasteiger partial charge in [-0.3, -0.25) is 0 Å². The molecule has 1 heterocycles. The fourth-order valence-electron chi connectivity index (χ4n) is 2.68. The van der Waals surface area contributed by atoms with Crippen molar-refractivity contribution >= 4 is 9.84 Å². The number of fused-ring (bicyclic) bond motifs is 1. The lowest BCUT2D eigenvalue weighted by molar-refractivity contribution is 0.578. The predicted octanol–water partition coefficient (Wildman–Crippen LogP) is 1.90. The van der Waals surface area contributed by atoms with Crippen LogP contribution in [0.15, 0.2) is 0 Å². The summed E-state index contributed by atoms with van der Waals surface area (Å²) in [5.41, 5.74) is 2.46. The fraction of sp³-hybridized carbons (Fsp3) is 0.769. The largest absolute Gasteiger partial charge is 0.331 e. The smallest absolute Gasteiger partial charge is 0.152 e. The summed E-state index contributed by atoms with van der Waals surface area (Å²) in [6.45, 7) is 4.45. The molecule has 0 unspecified atom stereocenters. The second-order valence-electron chi connectivity index (χ2n) is 5.06. The zero-order chi connectivity index (χ0) is 13.2. The van der Waals surface area contributed by atoms with E-state index in [4.69, 9.17) is 0 Å². The highest BCUT2D eigenvalue weighted by Crippen LogP contribution is 2.22. The minimum atomic E-state index is -2.90. The number of nitrogens with zero attached hydrogens (tertiary/aromatic N) is 2. The number of rotatable bonds is 5. The molecule has 0 atom stereocenters. The van der Waals surface area contributed by atoms with Gasteiger partial charge in [-0.15, -0.1) is 0 Å². The Bertz CT molecular complexity index is 517. The Labute approximate surface area is 109 Å². The summed E-state index contributed by atoms with van der Waals surface area (Å²) in [5.74, 6) is 1.50. The molecule has 5 heteroatoms. The molecule has 0 bridgehead atoms. The lowest BCUT2D eigenvalue weighted by atomic mass is 10.0. The standard InChI is InChI=1S/C13H22N2O2S/c1-3-9-18(16,17)10-8-15-11(2)14-12-6-4-5-7-13(12)15/h3-10H2,1-2H3. The van der Waals surface area contributed by atoms with Crippen LogP contribution in [0.5, 0.6) is 0 Å². The SMILES string of the molecule is CCCS(=O)(=O)CCn1c(C)nc2c1CCCC2. The molecule has 4 nitrogen and oxygen atoms in total. The number of aromatic nitrogens is 2. The summed E-state index contributed by atoms with van der Waals surface area (Å²) >= 11 is 0. The fourth-order valence-corrected chi connectivity index (χ4v) is 3.96. The summed E-state index contributed by atoms with van der Waals surface area (Å²) < 4.78 is 25.7. The maximum absolute atomic E-state index is 11.8. The van der Waals surface area contributed by atoms with Crippen LogP contribution in [0.2, 0.25) is 0 Å². The van der Waals surface area contributed by atoms with Crippen molar-refractivity contribution < 1.29 is 8.42 Å². The summed E-state index contributed by atoms with van der Waals surface area (Å²) in [6, 6.07) is 0. The lowest BCUT2D eigenvalue weighted by Crippen LogP contribution is -2.18. The predicted molar refractivity (Wildman–Crippen MR) is 72.6 cm³/mol. The van der Waals surface area contributed by atoms with Crippen LogP contribution in [0.3, 0.4) is 0 Å². The van der Waals surface area contributed by atoms with Crippen LogP contribution in [0.4, 0.5) is 0 Å². The highest BCUT2D eigenvalue weighted by molar-refractivity contribution is 7.91. The molecule has 0 aliphatic heterocycles. The van der Waals surface area contributed by atoms with Gasteiger partial charge >= 0.3 is 0 Å². The molecule has 0 saturated heterocycles. The van der Waals surface area contributed by atoms with Crippen molar-refractivity contribution in [2.24, 2.45) is 0 Å². The van der Waals surface area contributed by atoms with Crippen molar-refractivity contribution in [1.29, 1.82) is 0 Å². The summed E-state index contributed by atoms with van der Waals surface area (Å²) in [6.07, 6.45) is 5.19. The molecule has 18 heavy (non-hydrogen) atoms. The quantitative estimate of drug-likeness (QED) is 0.821. The van der Waals surface area contributed by atoms with Crippen LogP contribution in [-0.2, 0) is 29.2 Å². The van der Waals surface area contributed by atoms with Crippen molar-refractivity contribution in [3.8, 4) is 0 Å². The van der Waals surface area contributed by atoms with Gasteiger partial charge in [0, 0.05) is 18.0 Å². The van der Waals surface area contributed by atoms with Gasteiger partial charge < -0.3 is 4.57 Å². The number of imidazole rings is 1. The Morgan fingerprint density at radius 1 is 1.22 bits per heavy atom. The Balaban J connectivity index is 2.12. The van der Waals surface area contributed by atoms with Crippen LogP contribution in [-0.4, -0.2) is 29.5 Å². The third kappa shape index (κ3) is 2.94. The van der Waals surface area contributed by atoms with Gasteiger partial charge in [-0.25, -0.2) is 13.4 Å². The second-order valence-corrected chi connectivity index (χ2v) is 7.37. The van der Waals surface area contributed by atoms with Crippen molar-refractivity contribution in [2.45, 2.75) is 52.5 Å². The first-order valence-electron chi connectivity index (χ1n) is 6.79. The molecule has 0 radical (unpaired) electrons. The lowest BCUT2D eigenvalue weighted by Gasteiger charge is -2.14. The van der Waals surface area contributed by atoms with Crippen LogP contribution >= 0.6 is 0 Å². The van der Waals surface area contributed by atoms with E-state index in [2.05, 4.69) is 9.55 Å². The monoisotopic (exact) mass is 270 g/mol. The molecular weight excluding hydrogens is 248 g/mol. The average molecular weight is 270 g/mol. The summed E-state index contributed by atoms with van der Waals surface area (Å²) in [4.78, 5) is 4.57. The molecule has 102 valence electrons. The number of hydrogen-bond acceptors (Lipinski definition) is 3. The Hall–Kier alpha value is -0.840. The highest BCUT2D eigenvalue weighted by Gasteiger charge is 2.19. The first-order valence-corrected chi connectivity index (χ1v) is 8.61. The van der Waals surface area contributed by atoms with E-state index in [9.17, 15) is 8.42 Å². The minimum Gasteiger partial charge on any atom is -0.331 e. The molecule has 0 saturated carbocycles. The first kappa shape index (κ1) is 13.6. The van der Waals surface area contributed by atoms with Gasteiger partial charge in [-0.1, -0.05) is 6.92 Å². The van der Waals surface area contributed by atoms with Gasteiger partial charge in [0.15, 0.2) is 9.84 Å². The molecule has 2 rings (SSSR count). The molecule has 0 spiro atoms. The van der Waals surface area contributed by atoms with Gasteiger partial charge in [-0.05, 0) is 39.0 Å². The van der Waals surface area contributed by atoms with Crippen LogP contribution in [0.25, 0.3) is 0 Å². The molecule has 0 fully saturated rings. The minimum absolute atomic E-state index is 0.241. The van der Waals surface area contributed by atoms with E-state index >= 15 is 0 Å². The van der Waals surface area contributed by atoms with E-state index in [1.165, 1.54) is 24.2 Å². The molecule has 1 aromatic heterocycles. The zero-order valence-corrected chi connectivity index (χ0v) is 12.1. The molecule has 0 aromatic carbocycles. The van der Waals surface area contributed by atoms with E-state index in [-0.39, 0.29) is 5.75 Å². The molecule has 1 aliphatic carbocycles. The summed E-state index contributed by atoms with van der Waals surface area (Å²) in [7, 11) is -2.90. The Kier molecular flexibility index (Phi) is 4.10. The van der Waals surface area contributed by atoms with Crippen molar-refractivity contribution in [3.63, 3.8) is 0 Å². The van der Waals surface area contributed by atoms with Gasteiger partial charge in [0.2, 0.25) is 0 Å². The van der Waals surface area contributed by atoms with E-state index in [0.29, 0.717) is 18.7 Å². The number of aryl methyl sites for hydroxylation is 2. The third-order valence-corrected chi connectivity index (χ3v) is 5.40. The maximum atomic E-state index is 11.8. The number of hydrogen-bond donors (Lipinski definition) is 0. The van der Waals surface area contributed by atoms with Gasteiger partial charge in [-0.2, -0.15) is 0 Å². The molecule has 1 aliphatic rings. The second kappa shape index (κ2) is 5.43. The Morgan fingerprint density at radius 3 is 2.67 bits per heavy atom. The van der Waals surface area contributed by atoms with Crippen LogP contribution < -0.4 is 0 Å². The van der Waals surface area contributed by atoms with E-state index < -0.39 is 9.84 Å². The zero-order valence-electron chi connectivity index (χ0n) is 11.3. The third-order valence-electron chi connectivity index (χ3n) is 3.56. The molecule has 0 amide bonds. The topological polar surface area (TPSA) is 52.0 Å². The number of sulfone groups is 1. The van der Waals surface area contributed by atoms with Crippen molar-refractivity contribution in [1.82, 2.24) is 9.55 Å². The summed E-state index contributed by atoms with van der Waals surface area (Å²) in [5, 5.41) is 0. The van der Waals surface area contributed by atoms with Crippen LogP contribution in [0.1, 0.15) is 43.4 Å². The van der Waals surface area contributed by atoms with Gasteiger partial charge in [0.1, 0.15) is 5.82 Å². The first-order chi connectivity index (χ1) is 8.53. The molecule has 1 aromatic rings. The van der Waals surface area contributed by atoms with Gasteiger partial charge in [0.05, 0.1) is 11.4 Å². The average Bonchev–Trinajstić information content (AvgIpc) is 2.62. The molecular formula is C13H22N2O2S.